The minimum absolute atomic E-state index is 0.110. The lowest BCUT2D eigenvalue weighted by Gasteiger charge is -2.37. The molecular weight excluding hydrogens is 925 g/mol. The fourth-order valence-corrected chi connectivity index (χ4v) is 10.0. The number of para-hydroxylation sites is 2. The number of hydrogen-bond donors (Lipinski definition) is 6. The molecule has 376 valence electrons. The smallest absolute Gasteiger partial charge is 0.381 e. The van der Waals surface area contributed by atoms with Gasteiger partial charge >= 0.3 is 5.97 Å². The van der Waals surface area contributed by atoms with Gasteiger partial charge in [0.2, 0.25) is 0 Å². The van der Waals surface area contributed by atoms with Gasteiger partial charge in [0.1, 0.15) is 46.0 Å². The molecule has 0 radical (unpaired) electrons. The second-order valence-corrected chi connectivity index (χ2v) is 18.0. The van der Waals surface area contributed by atoms with Crippen molar-refractivity contribution in [1.82, 2.24) is 29.5 Å². The molecule has 4 aliphatic rings. The molecule has 2 unspecified atom stereocenters. The molecule has 2 atom stereocenters. The van der Waals surface area contributed by atoms with E-state index < -0.39 is 17.8 Å². The second-order valence-electron chi connectivity index (χ2n) is 18.0. The first-order chi connectivity index (χ1) is 35.5. The van der Waals surface area contributed by atoms with E-state index in [1.807, 2.05) is 125 Å². The van der Waals surface area contributed by atoms with Crippen LogP contribution in [-0.4, -0.2) is 92.3 Å². The van der Waals surface area contributed by atoms with Crippen molar-refractivity contribution in [2.75, 3.05) is 50.1 Å². The highest BCUT2D eigenvalue weighted by atomic mass is 16.5. The summed E-state index contributed by atoms with van der Waals surface area (Å²) in [6.45, 7) is 8.12. The molecule has 0 bridgehead atoms. The molecule has 4 aromatic carbocycles. The predicted octanol–water partition coefficient (Wildman–Crippen LogP) is 7.30. The third kappa shape index (κ3) is 12.3. The van der Waals surface area contributed by atoms with Gasteiger partial charge in [-0.25, -0.2) is 24.1 Å². The molecule has 4 aliphatic heterocycles. The van der Waals surface area contributed by atoms with Crippen LogP contribution in [0.4, 0.5) is 0 Å². The Morgan fingerprint density at radius 3 is 1.36 bits per heavy atom. The first-order valence-electron chi connectivity index (χ1n) is 24.6. The van der Waals surface area contributed by atoms with Gasteiger partial charge < -0.3 is 47.1 Å². The Balaban J connectivity index is 0.000000177. The summed E-state index contributed by atoms with van der Waals surface area (Å²) in [7, 11) is 0. The highest BCUT2D eigenvalue weighted by Crippen LogP contribution is 2.40. The predicted molar refractivity (Wildman–Crippen MR) is 278 cm³/mol. The number of aromatic nitrogens is 4. The Kier molecular flexibility index (Phi) is 16.7. The lowest BCUT2D eigenvalue weighted by Crippen LogP contribution is -2.41. The molecule has 10 rings (SSSR count). The Labute approximate surface area is 424 Å². The molecule has 6 heterocycles. The fraction of sp³-hybridized carbons (Fsp3) is 0.321. The van der Waals surface area contributed by atoms with Crippen LogP contribution >= 0.6 is 0 Å². The number of rotatable bonds is 10. The average molecular weight is 985 g/mol. The lowest BCUT2D eigenvalue weighted by atomic mass is 9.81. The molecule has 2 aromatic heterocycles. The molecule has 0 saturated carbocycles. The maximum Gasteiger partial charge on any atom is 0.381 e. The second kappa shape index (κ2) is 24.0. The van der Waals surface area contributed by atoms with E-state index in [0.717, 1.165) is 105 Å². The van der Waals surface area contributed by atoms with Crippen LogP contribution in [0.5, 0.6) is 23.0 Å². The number of hydrogen-bond acceptors (Lipinski definition) is 11. The number of nitrogens with one attached hydrogen (secondary N) is 3. The van der Waals surface area contributed by atoms with Gasteiger partial charge in [-0.05, 0) is 156 Å². The van der Waals surface area contributed by atoms with Crippen LogP contribution in [0.3, 0.4) is 0 Å². The summed E-state index contributed by atoms with van der Waals surface area (Å²) in [5, 5.41) is 11.2. The lowest BCUT2D eigenvalue weighted by molar-refractivity contribution is -0.130. The number of likely N-dealkylation sites (tertiary alicyclic amines) is 1. The minimum Gasteiger partial charge on any atom is -0.472 e. The van der Waals surface area contributed by atoms with Crippen molar-refractivity contribution in [3.8, 4) is 69.2 Å². The minimum atomic E-state index is -1.07. The summed E-state index contributed by atoms with van der Waals surface area (Å²) in [5.41, 5.74) is 21.9. The van der Waals surface area contributed by atoms with Crippen molar-refractivity contribution in [1.29, 1.82) is 0 Å². The van der Waals surface area contributed by atoms with Gasteiger partial charge in [-0.15, -0.1) is 0 Å². The van der Waals surface area contributed by atoms with Crippen molar-refractivity contribution in [2.24, 2.45) is 23.3 Å². The summed E-state index contributed by atoms with van der Waals surface area (Å²) >= 11 is 0. The van der Waals surface area contributed by atoms with Gasteiger partial charge in [-0.1, -0.05) is 48.2 Å². The molecule has 0 spiro atoms. The monoisotopic (exact) mass is 984 g/mol. The summed E-state index contributed by atoms with van der Waals surface area (Å²) in [6.07, 6.45) is 5.94. The number of piperidine rings is 2. The summed E-state index contributed by atoms with van der Waals surface area (Å²) in [4.78, 5) is 58.2. The Hall–Kier alpha value is -8.54. The standard InChI is InChI=1S/C28H29N5O3.C24H27N5O2.C4H4O2/c1-2-6-24(34)32-17-14-19(15-18-32)23-13-16-30-33-26(27(29)35)25(31-28(23)33)20-9-11-22(12-10-20)36-21-7-4-3-5-8-21;25-23(30)22-21(17-6-8-19(9-7-17)31-18-4-2-1-3-5-18)28-24-20(12-15-27-29(22)24)16-10-13-26-14-11-16;1-2-3-4(5)6/h3-5,7-12,19,23,30H,13-18H2,1H3,(H2,29,35);1-9,16,20,26-27H,10-15H2,(H2,25,30);1H3,(H,5,6). The molecule has 17 heteroatoms. The van der Waals surface area contributed by atoms with Gasteiger partial charge in [-0.3, -0.25) is 14.4 Å². The highest BCUT2D eigenvalue weighted by Gasteiger charge is 2.37. The SMILES string of the molecule is CC#CC(=O)N1CCC(C2CCNn3c2nc(-c2ccc(Oc4ccccc4)cc2)c3C(N)=O)CC1.CC#CC(=O)O.NC(=O)c1c(-c2ccc(Oc3ccccc3)cc2)nc2n1NCCC2C1CCNCC1. The Morgan fingerprint density at radius 1 is 0.562 bits per heavy atom. The van der Waals surface area contributed by atoms with Crippen LogP contribution in [0, 0.1) is 35.5 Å². The number of fused-ring (bicyclic) bond motifs is 2. The number of carboxylic acids is 1. The van der Waals surface area contributed by atoms with Crippen LogP contribution < -0.4 is 37.1 Å². The number of carbonyl (C=O) groups is 4. The molecule has 2 fully saturated rings. The van der Waals surface area contributed by atoms with E-state index in [1.165, 1.54) is 6.92 Å². The van der Waals surface area contributed by atoms with E-state index in [1.54, 1.807) is 11.6 Å². The number of carbonyl (C=O) groups excluding carboxylic acids is 3. The zero-order valence-corrected chi connectivity index (χ0v) is 41.0. The topological polar surface area (TPSA) is 234 Å². The zero-order chi connectivity index (χ0) is 51.3. The third-order valence-electron chi connectivity index (χ3n) is 13.4. The maximum atomic E-state index is 12.5. The molecule has 2 saturated heterocycles. The van der Waals surface area contributed by atoms with Gasteiger partial charge in [0.25, 0.3) is 17.7 Å². The van der Waals surface area contributed by atoms with Crippen molar-refractivity contribution < 1.29 is 33.8 Å². The first-order valence-corrected chi connectivity index (χ1v) is 24.6. The van der Waals surface area contributed by atoms with Crippen LogP contribution in [0.2, 0.25) is 0 Å². The molecule has 0 aliphatic carbocycles. The van der Waals surface area contributed by atoms with E-state index in [4.69, 9.17) is 36.0 Å². The Bertz CT molecular complexity index is 3010. The number of aliphatic carboxylic acids is 1. The van der Waals surface area contributed by atoms with E-state index in [-0.39, 0.29) is 11.8 Å². The van der Waals surface area contributed by atoms with E-state index >= 15 is 0 Å². The number of amides is 3. The summed E-state index contributed by atoms with van der Waals surface area (Å²) in [6, 6.07) is 34.4. The van der Waals surface area contributed by atoms with E-state index in [0.29, 0.717) is 59.4 Å². The van der Waals surface area contributed by atoms with Gasteiger partial charge in [0.15, 0.2) is 11.4 Å². The zero-order valence-electron chi connectivity index (χ0n) is 41.0. The molecule has 17 nitrogen and oxygen atoms in total. The van der Waals surface area contributed by atoms with Crippen LogP contribution in [0.25, 0.3) is 22.5 Å². The number of ether oxygens (including phenoxy) is 2. The number of nitrogens with two attached hydrogens (primary N) is 2. The third-order valence-corrected chi connectivity index (χ3v) is 13.4. The maximum absolute atomic E-state index is 12.5. The molecule has 73 heavy (non-hydrogen) atoms. The molecule has 8 N–H and O–H groups in total. The van der Waals surface area contributed by atoms with Crippen molar-refractivity contribution in [3.05, 3.63) is 132 Å². The van der Waals surface area contributed by atoms with Crippen molar-refractivity contribution >= 4 is 23.7 Å². The number of nitrogens with zero attached hydrogens (tertiary/aromatic N) is 5. The molecular formula is C56H60N10O7. The van der Waals surface area contributed by atoms with E-state index in [9.17, 15) is 19.2 Å². The average Bonchev–Trinajstić information content (AvgIpc) is 4.01. The van der Waals surface area contributed by atoms with E-state index in [2.05, 4.69) is 33.9 Å². The normalized spacial score (nSPS) is 17.0. The largest absolute Gasteiger partial charge is 0.472 e. The van der Waals surface area contributed by atoms with Crippen LogP contribution in [0.15, 0.2) is 109 Å². The quantitative estimate of drug-likeness (QED) is 0.0743. The fourth-order valence-electron chi connectivity index (χ4n) is 10.0. The van der Waals surface area contributed by atoms with Crippen LogP contribution in [-0.2, 0) is 9.59 Å². The van der Waals surface area contributed by atoms with Gasteiger partial charge in [0.05, 0.1) is 0 Å². The first kappa shape index (κ1) is 50.8. The summed E-state index contributed by atoms with van der Waals surface area (Å²) in [5.74, 6) is 13.4. The highest BCUT2D eigenvalue weighted by molar-refractivity contribution is 5.98. The number of carboxylic acid groups (broad SMARTS) is 1. The molecule has 3 amide bonds. The molecule has 6 aromatic rings. The van der Waals surface area contributed by atoms with Gasteiger partial charge in [-0.2, -0.15) is 0 Å². The Morgan fingerprint density at radius 2 is 0.973 bits per heavy atom. The van der Waals surface area contributed by atoms with Crippen molar-refractivity contribution in [3.63, 3.8) is 0 Å². The van der Waals surface area contributed by atoms with Crippen molar-refractivity contribution in [2.45, 2.75) is 64.2 Å². The number of benzene rings is 4. The summed E-state index contributed by atoms with van der Waals surface area (Å²) < 4.78 is 15.4. The number of imidazole rings is 2. The number of primary amides is 2. The van der Waals surface area contributed by atoms with Crippen LogP contribution in [0.1, 0.15) is 96.8 Å². The van der Waals surface area contributed by atoms with Gasteiger partial charge in [0, 0.05) is 55.1 Å².